The lowest BCUT2D eigenvalue weighted by atomic mass is 10.0. The standard InChI is InChI=1S/C19H19FN2O3/c1-10(2)24-16-8-13-15(9-14(16)21)25-18(17(13)19(23)22-3)11-4-6-12(20)7-5-11/h4-10H,21H2,1-3H3,(H,22,23). The van der Waals surface area contributed by atoms with Gasteiger partial charge in [-0.25, -0.2) is 4.39 Å². The monoisotopic (exact) mass is 342 g/mol. The Balaban J connectivity index is 2.26. The predicted molar refractivity (Wildman–Crippen MR) is 95.2 cm³/mol. The second kappa shape index (κ2) is 6.47. The first-order valence-electron chi connectivity index (χ1n) is 7.91. The van der Waals surface area contributed by atoms with Gasteiger partial charge in [0.25, 0.3) is 5.91 Å². The lowest BCUT2D eigenvalue weighted by Gasteiger charge is -2.12. The molecule has 0 aliphatic heterocycles. The molecule has 0 unspecified atom stereocenters. The van der Waals surface area contributed by atoms with Gasteiger partial charge in [0.2, 0.25) is 0 Å². The molecule has 1 heterocycles. The van der Waals surface area contributed by atoms with Crippen LogP contribution >= 0.6 is 0 Å². The molecule has 130 valence electrons. The molecule has 0 radical (unpaired) electrons. The van der Waals surface area contributed by atoms with E-state index < -0.39 is 0 Å². The molecule has 25 heavy (non-hydrogen) atoms. The molecule has 0 saturated carbocycles. The summed E-state index contributed by atoms with van der Waals surface area (Å²) in [5.41, 5.74) is 7.87. The average Bonchev–Trinajstić information content (AvgIpc) is 2.93. The summed E-state index contributed by atoms with van der Waals surface area (Å²) < 4.78 is 24.8. The minimum Gasteiger partial charge on any atom is -0.489 e. The summed E-state index contributed by atoms with van der Waals surface area (Å²) in [7, 11) is 1.54. The minimum atomic E-state index is -0.363. The smallest absolute Gasteiger partial charge is 0.255 e. The number of rotatable bonds is 4. The number of furan rings is 1. The summed E-state index contributed by atoms with van der Waals surface area (Å²) in [6.45, 7) is 3.78. The number of amides is 1. The Kier molecular flexibility index (Phi) is 4.35. The molecule has 3 rings (SSSR count). The van der Waals surface area contributed by atoms with Gasteiger partial charge in [-0.1, -0.05) is 0 Å². The summed E-state index contributed by atoms with van der Waals surface area (Å²) in [5, 5.41) is 3.20. The van der Waals surface area contributed by atoms with E-state index in [0.29, 0.717) is 39.3 Å². The summed E-state index contributed by atoms with van der Waals surface area (Å²) in [6.07, 6.45) is -0.0633. The highest BCUT2D eigenvalue weighted by Gasteiger charge is 2.23. The van der Waals surface area contributed by atoms with Crippen LogP contribution < -0.4 is 15.8 Å². The van der Waals surface area contributed by atoms with Crippen LogP contribution in [0.2, 0.25) is 0 Å². The van der Waals surface area contributed by atoms with Crippen molar-refractivity contribution in [2.24, 2.45) is 0 Å². The Bertz CT molecular complexity index is 930. The van der Waals surface area contributed by atoms with E-state index in [0.717, 1.165) is 0 Å². The molecule has 2 aromatic carbocycles. The third-order valence-corrected chi connectivity index (χ3v) is 3.74. The van der Waals surface area contributed by atoms with Crippen molar-refractivity contribution in [2.45, 2.75) is 20.0 Å². The highest BCUT2D eigenvalue weighted by molar-refractivity contribution is 6.11. The number of nitrogen functional groups attached to an aromatic ring is 1. The number of hydrogen-bond acceptors (Lipinski definition) is 4. The molecule has 1 amide bonds. The average molecular weight is 342 g/mol. The van der Waals surface area contributed by atoms with E-state index in [4.69, 9.17) is 14.9 Å². The molecular formula is C19H19FN2O3. The molecule has 0 aliphatic rings. The Morgan fingerprint density at radius 2 is 1.92 bits per heavy atom. The number of halogens is 1. The first-order valence-corrected chi connectivity index (χ1v) is 7.91. The second-order valence-corrected chi connectivity index (χ2v) is 5.95. The first-order chi connectivity index (χ1) is 11.9. The minimum absolute atomic E-state index is 0.0633. The van der Waals surface area contributed by atoms with Crippen LogP contribution in [0.15, 0.2) is 40.8 Å². The zero-order chi connectivity index (χ0) is 18.1. The summed E-state index contributed by atoms with van der Waals surface area (Å²) in [6, 6.07) is 9.09. The maximum Gasteiger partial charge on any atom is 0.255 e. The van der Waals surface area contributed by atoms with Gasteiger partial charge in [-0.15, -0.1) is 0 Å². The van der Waals surface area contributed by atoms with Crippen LogP contribution in [0.4, 0.5) is 10.1 Å². The zero-order valence-corrected chi connectivity index (χ0v) is 14.2. The topological polar surface area (TPSA) is 77.5 Å². The number of hydrogen-bond donors (Lipinski definition) is 2. The van der Waals surface area contributed by atoms with Crippen LogP contribution in [0.1, 0.15) is 24.2 Å². The normalized spacial score (nSPS) is 11.1. The van der Waals surface area contributed by atoms with Gasteiger partial charge >= 0.3 is 0 Å². The number of ether oxygens (including phenoxy) is 1. The number of carbonyl (C=O) groups is 1. The molecule has 0 fully saturated rings. The van der Waals surface area contributed by atoms with Crippen molar-refractivity contribution >= 4 is 22.6 Å². The molecule has 6 heteroatoms. The zero-order valence-electron chi connectivity index (χ0n) is 14.2. The van der Waals surface area contributed by atoms with E-state index in [1.54, 1.807) is 31.3 Å². The Hall–Kier alpha value is -3.02. The van der Waals surface area contributed by atoms with Gasteiger partial charge in [-0.3, -0.25) is 4.79 Å². The van der Waals surface area contributed by atoms with Gasteiger partial charge in [0.15, 0.2) is 0 Å². The summed E-state index contributed by atoms with van der Waals surface area (Å²) >= 11 is 0. The predicted octanol–water partition coefficient (Wildman–Crippen LogP) is 3.97. The highest BCUT2D eigenvalue weighted by Crippen LogP contribution is 2.38. The number of benzene rings is 2. The molecule has 0 bridgehead atoms. The van der Waals surface area contributed by atoms with Crippen molar-refractivity contribution in [1.82, 2.24) is 5.32 Å². The fraction of sp³-hybridized carbons (Fsp3) is 0.211. The van der Waals surface area contributed by atoms with Gasteiger partial charge in [-0.05, 0) is 44.2 Å². The van der Waals surface area contributed by atoms with Crippen molar-refractivity contribution in [3.05, 3.63) is 47.8 Å². The Morgan fingerprint density at radius 1 is 1.24 bits per heavy atom. The van der Waals surface area contributed by atoms with E-state index in [1.165, 1.54) is 12.1 Å². The van der Waals surface area contributed by atoms with Crippen LogP contribution in [0.5, 0.6) is 5.75 Å². The summed E-state index contributed by atoms with van der Waals surface area (Å²) in [4.78, 5) is 12.5. The largest absolute Gasteiger partial charge is 0.489 e. The molecule has 3 N–H and O–H groups in total. The van der Waals surface area contributed by atoms with E-state index in [2.05, 4.69) is 5.32 Å². The molecule has 0 saturated heterocycles. The maximum absolute atomic E-state index is 13.2. The molecule has 0 spiro atoms. The lowest BCUT2D eigenvalue weighted by molar-refractivity contribution is 0.0964. The van der Waals surface area contributed by atoms with Crippen LogP contribution in [-0.2, 0) is 0 Å². The van der Waals surface area contributed by atoms with Gasteiger partial charge in [0, 0.05) is 24.1 Å². The SMILES string of the molecule is CNC(=O)c1c(-c2ccc(F)cc2)oc2cc(N)c(OC(C)C)cc12. The second-order valence-electron chi connectivity index (χ2n) is 5.95. The quantitative estimate of drug-likeness (QED) is 0.703. The lowest BCUT2D eigenvalue weighted by Crippen LogP contribution is -2.18. The third kappa shape index (κ3) is 3.15. The summed E-state index contributed by atoms with van der Waals surface area (Å²) in [5.74, 6) is 0.172. The number of nitrogens with one attached hydrogen (secondary N) is 1. The molecule has 0 aliphatic carbocycles. The van der Waals surface area contributed by atoms with Crippen molar-refractivity contribution in [3.63, 3.8) is 0 Å². The van der Waals surface area contributed by atoms with Gasteiger partial charge in [0.1, 0.15) is 22.9 Å². The number of carbonyl (C=O) groups excluding carboxylic acids is 1. The molecule has 0 atom stereocenters. The van der Waals surface area contributed by atoms with Gasteiger partial charge < -0.3 is 20.2 Å². The molecule has 3 aromatic rings. The number of anilines is 1. The van der Waals surface area contributed by atoms with E-state index in [-0.39, 0.29) is 17.8 Å². The van der Waals surface area contributed by atoms with Crippen molar-refractivity contribution in [1.29, 1.82) is 0 Å². The Labute approximate surface area is 144 Å². The fourth-order valence-electron chi connectivity index (χ4n) is 2.65. The van der Waals surface area contributed by atoms with E-state index in [1.807, 2.05) is 13.8 Å². The maximum atomic E-state index is 13.2. The van der Waals surface area contributed by atoms with Gasteiger partial charge in [0.05, 0.1) is 17.4 Å². The van der Waals surface area contributed by atoms with E-state index >= 15 is 0 Å². The molecular weight excluding hydrogens is 323 g/mol. The van der Waals surface area contributed by atoms with Crippen LogP contribution in [0.25, 0.3) is 22.3 Å². The van der Waals surface area contributed by atoms with E-state index in [9.17, 15) is 9.18 Å². The number of nitrogens with two attached hydrogens (primary N) is 1. The van der Waals surface area contributed by atoms with Crippen LogP contribution in [0, 0.1) is 5.82 Å². The van der Waals surface area contributed by atoms with Crippen LogP contribution in [0.3, 0.4) is 0 Å². The first kappa shape index (κ1) is 16.8. The molecule has 1 aromatic heterocycles. The van der Waals surface area contributed by atoms with Crippen LogP contribution in [-0.4, -0.2) is 19.1 Å². The van der Waals surface area contributed by atoms with Gasteiger partial charge in [-0.2, -0.15) is 0 Å². The van der Waals surface area contributed by atoms with Crippen molar-refractivity contribution in [3.8, 4) is 17.1 Å². The molecule has 5 nitrogen and oxygen atoms in total. The fourth-order valence-corrected chi connectivity index (χ4v) is 2.65. The van der Waals surface area contributed by atoms with Crippen molar-refractivity contribution < 1.29 is 18.3 Å². The third-order valence-electron chi connectivity index (χ3n) is 3.74. The highest BCUT2D eigenvalue weighted by atomic mass is 19.1. The number of fused-ring (bicyclic) bond motifs is 1. The van der Waals surface area contributed by atoms with Crippen molar-refractivity contribution in [2.75, 3.05) is 12.8 Å². The Morgan fingerprint density at radius 3 is 2.52 bits per heavy atom.